The van der Waals surface area contributed by atoms with Crippen molar-refractivity contribution in [2.75, 3.05) is 12.4 Å². The number of amides is 1. The highest BCUT2D eigenvalue weighted by molar-refractivity contribution is 6.36. The summed E-state index contributed by atoms with van der Waals surface area (Å²) in [5.41, 5.74) is 0.227. The van der Waals surface area contributed by atoms with Gasteiger partial charge in [-0.25, -0.2) is 0 Å². The molecule has 0 spiro atoms. The van der Waals surface area contributed by atoms with E-state index in [9.17, 15) is 14.9 Å². The number of benzene rings is 2. The average molecular weight is 307 g/mol. The highest BCUT2D eigenvalue weighted by Gasteiger charge is 2.19. The largest absolute Gasteiger partial charge is 0.497 e. The first-order valence-corrected chi connectivity index (χ1v) is 6.29. The second-order valence-corrected chi connectivity index (χ2v) is 4.46. The molecule has 0 saturated carbocycles. The lowest BCUT2D eigenvalue weighted by Crippen LogP contribution is -2.13. The monoisotopic (exact) mass is 306 g/mol. The van der Waals surface area contributed by atoms with E-state index in [1.54, 1.807) is 24.3 Å². The Morgan fingerprint density at radius 3 is 2.67 bits per heavy atom. The Labute approximate surface area is 125 Å². The van der Waals surface area contributed by atoms with Crippen molar-refractivity contribution in [1.29, 1.82) is 0 Å². The van der Waals surface area contributed by atoms with Crippen LogP contribution in [0, 0.1) is 10.1 Å². The zero-order valence-corrected chi connectivity index (χ0v) is 11.8. The molecule has 0 bridgehead atoms. The van der Waals surface area contributed by atoms with Crippen LogP contribution in [0.15, 0.2) is 42.5 Å². The minimum absolute atomic E-state index is 0.0358. The fourth-order valence-corrected chi connectivity index (χ4v) is 2.02. The third-order valence-corrected chi connectivity index (χ3v) is 3.14. The minimum atomic E-state index is -0.634. The molecule has 21 heavy (non-hydrogen) atoms. The summed E-state index contributed by atoms with van der Waals surface area (Å²) in [6.07, 6.45) is 0. The molecule has 0 unspecified atom stereocenters. The van der Waals surface area contributed by atoms with Gasteiger partial charge >= 0.3 is 0 Å². The number of carbonyl (C=O) groups is 1. The van der Waals surface area contributed by atoms with Crippen LogP contribution in [-0.2, 0) is 0 Å². The van der Waals surface area contributed by atoms with Gasteiger partial charge in [0.1, 0.15) is 10.8 Å². The summed E-state index contributed by atoms with van der Waals surface area (Å²) >= 11 is 5.90. The van der Waals surface area contributed by atoms with Gasteiger partial charge in [-0.1, -0.05) is 23.7 Å². The molecule has 2 rings (SSSR count). The molecule has 7 heteroatoms. The Morgan fingerprint density at radius 2 is 2.00 bits per heavy atom. The van der Waals surface area contributed by atoms with Crippen LogP contribution in [-0.4, -0.2) is 17.9 Å². The summed E-state index contributed by atoms with van der Waals surface area (Å²) in [5, 5.41) is 13.2. The number of nitro groups is 1. The molecule has 0 aromatic heterocycles. The first-order valence-electron chi connectivity index (χ1n) is 5.91. The molecule has 0 radical (unpaired) electrons. The molecule has 108 valence electrons. The van der Waals surface area contributed by atoms with E-state index >= 15 is 0 Å². The predicted molar refractivity (Wildman–Crippen MR) is 79.1 cm³/mol. The van der Waals surface area contributed by atoms with Crippen molar-refractivity contribution in [1.82, 2.24) is 0 Å². The fraction of sp³-hybridized carbons (Fsp3) is 0.0714. The smallest absolute Gasteiger partial charge is 0.288 e. The minimum Gasteiger partial charge on any atom is -0.497 e. The summed E-state index contributed by atoms with van der Waals surface area (Å²) in [6.45, 7) is 0. The van der Waals surface area contributed by atoms with E-state index in [0.29, 0.717) is 11.4 Å². The zero-order valence-electron chi connectivity index (χ0n) is 11.0. The van der Waals surface area contributed by atoms with Gasteiger partial charge in [-0.05, 0) is 18.2 Å². The van der Waals surface area contributed by atoms with Gasteiger partial charge in [-0.3, -0.25) is 14.9 Å². The van der Waals surface area contributed by atoms with Gasteiger partial charge in [0.15, 0.2) is 0 Å². The van der Waals surface area contributed by atoms with Crippen LogP contribution in [0.3, 0.4) is 0 Å². The average Bonchev–Trinajstić information content (AvgIpc) is 2.47. The van der Waals surface area contributed by atoms with Gasteiger partial charge in [-0.2, -0.15) is 0 Å². The number of nitrogens with one attached hydrogen (secondary N) is 1. The summed E-state index contributed by atoms with van der Waals surface area (Å²) in [6, 6.07) is 10.8. The molecule has 0 aliphatic rings. The number of nitro benzene ring substituents is 1. The standard InChI is InChI=1S/C14H11ClN2O4/c1-21-10-5-2-4-9(8-10)16-14(18)11-6-3-7-12(13(11)15)17(19)20/h2-8H,1H3,(H,16,18). The van der Waals surface area contributed by atoms with Gasteiger partial charge in [0.2, 0.25) is 0 Å². The van der Waals surface area contributed by atoms with Gasteiger partial charge in [-0.15, -0.1) is 0 Å². The lowest BCUT2D eigenvalue weighted by Gasteiger charge is -2.08. The number of rotatable bonds is 4. The van der Waals surface area contributed by atoms with E-state index in [4.69, 9.17) is 16.3 Å². The lowest BCUT2D eigenvalue weighted by molar-refractivity contribution is -0.384. The van der Waals surface area contributed by atoms with Gasteiger partial charge in [0.05, 0.1) is 17.6 Å². The van der Waals surface area contributed by atoms with Crippen LogP contribution < -0.4 is 10.1 Å². The van der Waals surface area contributed by atoms with E-state index in [0.717, 1.165) is 0 Å². The van der Waals surface area contributed by atoms with E-state index in [-0.39, 0.29) is 16.3 Å². The zero-order chi connectivity index (χ0) is 15.4. The van der Waals surface area contributed by atoms with E-state index < -0.39 is 10.8 Å². The molecule has 6 nitrogen and oxygen atoms in total. The Balaban J connectivity index is 2.28. The molecule has 0 fully saturated rings. The van der Waals surface area contributed by atoms with Crippen LogP contribution in [0.4, 0.5) is 11.4 Å². The van der Waals surface area contributed by atoms with Crippen molar-refractivity contribution in [3.63, 3.8) is 0 Å². The lowest BCUT2D eigenvalue weighted by atomic mass is 10.2. The number of hydrogen-bond acceptors (Lipinski definition) is 4. The molecule has 2 aromatic carbocycles. The Hall–Kier alpha value is -2.60. The summed E-state index contributed by atoms with van der Waals surface area (Å²) < 4.78 is 5.05. The maximum atomic E-state index is 12.2. The van der Waals surface area contributed by atoms with Crippen LogP contribution in [0.5, 0.6) is 5.75 Å². The molecule has 0 aliphatic carbocycles. The highest BCUT2D eigenvalue weighted by atomic mass is 35.5. The maximum absolute atomic E-state index is 12.2. The quantitative estimate of drug-likeness (QED) is 0.692. The van der Waals surface area contributed by atoms with Crippen molar-refractivity contribution in [3.05, 3.63) is 63.2 Å². The third-order valence-electron chi connectivity index (χ3n) is 2.75. The molecule has 2 aromatic rings. The normalized spacial score (nSPS) is 10.0. The number of nitrogens with zero attached hydrogens (tertiary/aromatic N) is 1. The summed E-state index contributed by atoms with van der Waals surface area (Å²) in [7, 11) is 1.51. The van der Waals surface area contributed by atoms with Gasteiger partial charge in [0.25, 0.3) is 11.6 Å². The number of ether oxygens (including phenoxy) is 1. The van der Waals surface area contributed by atoms with Gasteiger partial charge < -0.3 is 10.1 Å². The SMILES string of the molecule is COc1cccc(NC(=O)c2cccc([N+](=O)[O-])c2Cl)c1. The second-order valence-electron chi connectivity index (χ2n) is 4.08. The Morgan fingerprint density at radius 1 is 1.29 bits per heavy atom. The van der Waals surface area contributed by atoms with E-state index in [1.165, 1.54) is 25.3 Å². The van der Waals surface area contributed by atoms with Crippen molar-refractivity contribution < 1.29 is 14.5 Å². The molecule has 1 amide bonds. The Kier molecular flexibility index (Phi) is 4.39. The second kappa shape index (κ2) is 6.23. The molecule has 0 heterocycles. The Bertz CT molecular complexity index is 703. The first kappa shape index (κ1) is 14.8. The molecular weight excluding hydrogens is 296 g/mol. The number of carbonyl (C=O) groups excluding carboxylic acids is 1. The first-order chi connectivity index (χ1) is 10.0. The summed E-state index contributed by atoms with van der Waals surface area (Å²) in [4.78, 5) is 22.3. The number of methoxy groups -OCH3 is 1. The van der Waals surface area contributed by atoms with Crippen molar-refractivity contribution >= 4 is 28.9 Å². The highest BCUT2D eigenvalue weighted by Crippen LogP contribution is 2.28. The molecule has 0 atom stereocenters. The molecule has 0 saturated heterocycles. The van der Waals surface area contributed by atoms with Crippen LogP contribution in [0.1, 0.15) is 10.4 Å². The van der Waals surface area contributed by atoms with Gasteiger partial charge in [0, 0.05) is 17.8 Å². The van der Waals surface area contributed by atoms with Crippen molar-refractivity contribution in [3.8, 4) is 5.75 Å². The van der Waals surface area contributed by atoms with Crippen LogP contribution >= 0.6 is 11.6 Å². The number of anilines is 1. The number of hydrogen-bond donors (Lipinski definition) is 1. The van der Waals surface area contributed by atoms with Crippen LogP contribution in [0.2, 0.25) is 5.02 Å². The summed E-state index contributed by atoms with van der Waals surface area (Å²) in [5.74, 6) is 0.0508. The molecule has 1 N–H and O–H groups in total. The van der Waals surface area contributed by atoms with E-state index in [2.05, 4.69) is 5.32 Å². The fourth-order valence-electron chi connectivity index (χ4n) is 1.74. The van der Waals surface area contributed by atoms with E-state index in [1.807, 2.05) is 0 Å². The third kappa shape index (κ3) is 3.29. The molecule has 0 aliphatic heterocycles. The topological polar surface area (TPSA) is 81.5 Å². The van der Waals surface area contributed by atoms with Crippen molar-refractivity contribution in [2.24, 2.45) is 0 Å². The molecular formula is C14H11ClN2O4. The van der Waals surface area contributed by atoms with Crippen molar-refractivity contribution in [2.45, 2.75) is 0 Å². The maximum Gasteiger partial charge on any atom is 0.288 e. The number of halogens is 1. The van der Waals surface area contributed by atoms with Crippen LogP contribution in [0.25, 0.3) is 0 Å². The predicted octanol–water partition coefficient (Wildman–Crippen LogP) is 3.51.